The first kappa shape index (κ1) is 19.5. The van der Waals surface area contributed by atoms with Gasteiger partial charge in [-0.1, -0.05) is 37.5 Å². The van der Waals surface area contributed by atoms with E-state index in [0.29, 0.717) is 30.8 Å². The molecule has 5 rings (SSSR count). The fourth-order valence-corrected chi connectivity index (χ4v) is 4.67. The molecule has 2 amide bonds. The number of hydrogen-bond acceptors (Lipinski definition) is 6. The van der Waals surface area contributed by atoms with Gasteiger partial charge in [0, 0.05) is 11.6 Å². The number of urea groups is 1. The second kappa shape index (κ2) is 8.02. The van der Waals surface area contributed by atoms with Gasteiger partial charge < -0.3 is 14.1 Å². The zero-order valence-electron chi connectivity index (χ0n) is 17.5. The molecule has 0 atom stereocenters. The van der Waals surface area contributed by atoms with Crippen molar-refractivity contribution < 1.29 is 13.9 Å². The van der Waals surface area contributed by atoms with Crippen LogP contribution in [0.25, 0.3) is 11.5 Å². The highest BCUT2D eigenvalue weighted by molar-refractivity contribution is 5.95. The normalized spacial score (nSPS) is 18.0. The van der Waals surface area contributed by atoms with E-state index in [4.69, 9.17) is 9.15 Å². The van der Waals surface area contributed by atoms with Crippen LogP contribution in [0.4, 0.5) is 10.5 Å². The average Bonchev–Trinajstić information content (AvgIpc) is 3.40. The van der Waals surface area contributed by atoms with Crippen molar-refractivity contribution in [2.24, 2.45) is 0 Å². The Labute approximate surface area is 180 Å². The zero-order chi connectivity index (χ0) is 21.3. The summed E-state index contributed by atoms with van der Waals surface area (Å²) in [5.41, 5.74) is 1.41. The van der Waals surface area contributed by atoms with Crippen LogP contribution in [0.5, 0.6) is 5.88 Å². The number of aromatic nitrogens is 3. The molecule has 0 N–H and O–H groups in total. The van der Waals surface area contributed by atoms with Crippen molar-refractivity contribution in [2.45, 2.75) is 44.2 Å². The van der Waals surface area contributed by atoms with Crippen molar-refractivity contribution in [2.75, 3.05) is 18.6 Å². The summed E-state index contributed by atoms with van der Waals surface area (Å²) >= 11 is 0. The minimum Gasteiger partial charge on any atom is -0.481 e. The number of ether oxygens (including phenoxy) is 1. The van der Waals surface area contributed by atoms with Gasteiger partial charge in [0.2, 0.25) is 17.7 Å². The van der Waals surface area contributed by atoms with Crippen LogP contribution in [0, 0.1) is 0 Å². The topological polar surface area (TPSA) is 84.6 Å². The molecule has 2 aromatic heterocycles. The van der Waals surface area contributed by atoms with E-state index >= 15 is 0 Å². The Bertz CT molecular complexity index is 1040. The van der Waals surface area contributed by atoms with E-state index in [-0.39, 0.29) is 11.6 Å². The van der Waals surface area contributed by atoms with Gasteiger partial charge in [-0.15, -0.1) is 10.2 Å². The summed E-state index contributed by atoms with van der Waals surface area (Å²) in [6.45, 7) is 0.943. The van der Waals surface area contributed by atoms with Crippen molar-refractivity contribution in [3.63, 3.8) is 0 Å². The number of anilines is 1. The molecular formula is C23H25N5O3. The Morgan fingerprint density at radius 3 is 2.58 bits per heavy atom. The number of methoxy groups -OCH3 is 1. The van der Waals surface area contributed by atoms with Gasteiger partial charge in [0.25, 0.3) is 0 Å². The third-order valence-electron chi connectivity index (χ3n) is 6.29. The van der Waals surface area contributed by atoms with E-state index in [0.717, 1.165) is 36.9 Å². The predicted octanol–water partition coefficient (Wildman–Crippen LogP) is 4.29. The highest BCUT2D eigenvalue weighted by Crippen LogP contribution is 2.42. The monoisotopic (exact) mass is 419 g/mol. The van der Waals surface area contributed by atoms with Crippen molar-refractivity contribution in [1.29, 1.82) is 0 Å². The summed E-state index contributed by atoms with van der Waals surface area (Å²) in [6, 6.07) is 13.3. The van der Waals surface area contributed by atoms with Crippen LogP contribution in [0.15, 0.2) is 53.1 Å². The van der Waals surface area contributed by atoms with Gasteiger partial charge in [-0.05, 0) is 31.0 Å². The standard InChI is InChI=1S/C23H25N5O3/c1-30-19-11-10-18(14-24-19)27-16-23(12-6-3-7-13-23)28(22(27)29)15-20-25-26-21(31-20)17-8-4-2-5-9-17/h2,4-5,8-11,14H,3,6-7,12-13,15-16H2,1H3. The summed E-state index contributed by atoms with van der Waals surface area (Å²) in [4.78, 5) is 21.5. The van der Waals surface area contributed by atoms with E-state index in [2.05, 4.69) is 15.2 Å². The zero-order valence-corrected chi connectivity index (χ0v) is 17.5. The minimum atomic E-state index is -0.226. The third-order valence-corrected chi connectivity index (χ3v) is 6.29. The first-order chi connectivity index (χ1) is 15.2. The molecule has 3 heterocycles. The molecule has 0 unspecified atom stereocenters. The number of pyridine rings is 1. The van der Waals surface area contributed by atoms with Crippen LogP contribution in [0.3, 0.4) is 0 Å². The molecular weight excluding hydrogens is 394 g/mol. The van der Waals surface area contributed by atoms with Crippen molar-refractivity contribution >= 4 is 11.7 Å². The van der Waals surface area contributed by atoms with Crippen LogP contribution < -0.4 is 9.64 Å². The molecule has 1 saturated heterocycles. The highest BCUT2D eigenvalue weighted by atomic mass is 16.5. The van der Waals surface area contributed by atoms with Gasteiger partial charge in [-0.2, -0.15) is 0 Å². The summed E-state index contributed by atoms with van der Waals surface area (Å²) in [5.74, 6) is 1.45. The summed E-state index contributed by atoms with van der Waals surface area (Å²) in [7, 11) is 1.58. The predicted molar refractivity (Wildman–Crippen MR) is 115 cm³/mol. The molecule has 1 aliphatic carbocycles. The lowest BCUT2D eigenvalue weighted by Gasteiger charge is -2.39. The first-order valence-corrected chi connectivity index (χ1v) is 10.7. The largest absolute Gasteiger partial charge is 0.481 e. The Hall–Kier alpha value is -3.42. The lowest BCUT2D eigenvalue weighted by molar-refractivity contribution is 0.106. The minimum absolute atomic E-state index is 0.0478. The van der Waals surface area contributed by atoms with E-state index in [1.807, 2.05) is 46.2 Å². The Morgan fingerprint density at radius 1 is 1.06 bits per heavy atom. The molecule has 1 aromatic carbocycles. The van der Waals surface area contributed by atoms with Gasteiger partial charge in [-0.25, -0.2) is 9.78 Å². The maximum atomic E-state index is 13.5. The molecule has 3 aromatic rings. The second-order valence-electron chi connectivity index (χ2n) is 8.17. The van der Waals surface area contributed by atoms with Crippen LogP contribution in [0.2, 0.25) is 0 Å². The summed E-state index contributed by atoms with van der Waals surface area (Å²) in [5, 5.41) is 8.42. The first-order valence-electron chi connectivity index (χ1n) is 10.7. The molecule has 2 fully saturated rings. The van der Waals surface area contributed by atoms with E-state index in [9.17, 15) is 4.79 Å². The fourth-order valence-electron chi connectivity index (χ4n) is 4.67. The average molecular weight is 419 g/mol. The lowest BCUT2D eigenvalue weighted by atomic mass is 9.81. The Balaban J connectivity index is 1.42. The number of benzene rings is 1. The highest BCUT2D eigenvalue weighted by Gasteiger charge is 2.50. The number of carbonyl (C=O) groups excluding carboxylic acids is 1. The van der Waals surface area contributed by atoms with Gasteiger partial charge in [-0.3, -0.25) is 4.90 Å². The molecule has 1 saturated carbocycles. The van der Waals surface area contributed by atoms with Crippen molar-refractivity contribution in [3.8, 4) is 17.3 Å². The van der Waals surface area contributed by atoms with Gasteiger partial charge in [0.1, 0.15) is 6.54 Å². The van der Waals surface area contributed by atoms with E-state index < -0.39 is 0 Å². The second-order valence-corrected chi connectivity index (χ2v) is 8.17. The number of amides is 2. The fraction of sp³-hybridized carbons (Fsp3) is 0.391. The van der Waals surface area contributed by atoms with E-state index in [1.165, 1.54) is 6.42 Å². The van der Waals surface area contributed by atoms with Crippen molar-refractivity contribution in [1.82, 2.24) is 20.1 Å². The molecule has 8 heteroatoms. The molecule has 2 aliphatic rings. The maximum absolute atomic E-state index is 13.5. The quantitative estimate of drug-likeness (QED) is 0.614. The van der Waals surface area contributed by atoms with Gasteiger partial charge >= 0.3 is 6.03 Å². The van der Waals surface area contributed by atoms with Crippen LogP contribution in [0.1, 0.15) is 38.0 Å². The summed E-state index contributed by atoms with van der Waals surface area (Å²) in [6.07, 6.45) is 7.05. The number of nitrogens with zero attached hydrogens (tertiary/aromatic N) is 5. The van der Waals surface area contributed by atoms with Gasteiger partial charge in [0.05, 0.1) is 31.1 Å². The molecule has 1 aliphatic heterocycles. The molecule has 0 bridgehead atoms. The molecule has 160 valence electrons. The van der Waals surface area contributed by atoms with Gasteiger partial charge in [0.15, 0.2) is 0 Å². The number of carbonyl (C=O) groups is 1. The lowest BCUT2D eigenvalue weighted by Crippen LogP contribution is -2.48. The third kappa shape index (κ3) is 3.62. The molecule has 1 spiro atoms. The maximum Gasteiger partial charge on any atom is 0.325 e. The Kier molecular flexibility index (Phi) is 5.05. The van der Waals surface area contributed by atoms with Crippen molar-refractivity contribution in [3.05, 3.63) is 54.6 Å². The van der Waals surface area contributed by atoms with Crippen LogP contribution >= 0.6 is 0 Å². The summed E-state index contributed by atoms with van der Waals surface area (Å²) < 4.78 is 11.1. The number of hydrogen-bond donors (Lipinski definition) is 0. The Morgan fingerprint density at radius 2 is 1.87 bits per heavy atom. The molecule has 0 radical (unpaired) electrons. The van der Waals surface area contributed by atoms with Crippen LogP contribution in [-0.2, 0) is 6.54 Å². The smallest absolute Gasteiger partial charge is 0.325 e. The van der Waals surface area contributed by atoms with E-state index in [1.54, 1.807) is 19.4 Å². The number of rotatable bonds is 5. The van der Waals surface area contributed by atoms with Crippen LogP contribution in [-0.4, -0.2) is 45.3 Å². The molecule has 8 nitrogen and oxygen atoms in total. The SMILES string of the molecule is COc1ccc(N2CC3(CCCCC3)N(Cc3nnc(-c4ccccc4)o3)C2=O)cn1. The molecule has 31 heavy (non-hydrogen) atoms.